The summed E-state index contributed by atoms with van der Waals surface area (Å²) < 4.78 is 25.7. The van der Waals surface area contributed by atoms with E-state index in [4.69, 9.17) is 0 Å². The molecule has 9 heteroatoms. The van der Waals surface area contributed by atoms with Crippen LogP contribution in [0.15, 0.2) is 36.4 Å². The Bertz CT molecular complexity index is 1070. The van der Waals surface area contributed by atoms with Crippen molar-refractivity contribution < 1.29 is 13.2 Å². The summed E-state index contributed by atoms with van der Waals surface area (Å²) in [5.41, 5.74) is 4.10. The van der Waals surface area contributed by atoms with Gasteiger partial charge in [0, 0.05) is 11.4 Å². The fraction of sp³-hybridized carbons (Fsp3) is 0.176. The van der Waals surface area contributed by atoms with Crippen molar-refractivity contribution in [3.05, 3.63) is 47.5 Å². The van der Waals surface area contributed by atoms with Gasteiger partial charge in [-0.2, -0.15) is 0 Å². The molecule has 0 fully saturated rings. The van der Waals surface area contributed by atoms with Crippen LogP contribution >= 0.6 is 11.3 Å². The monoisotopic (exact) mass is 390 g/mol. The number of carbonyl (C=O) groups excluding carboxylic acids is 1. The largest absolute Gasteiger partial charge is 0.323 e. The molecule has 1 aromatic heterocycles. The lowest BCUT2D eigenvalue weighted by molar-refractivity contribution is 0.262. The van der Waals surface area contributed by atoms with Crippen LogP contribution in [0, 0.1) is 13.8 Å². The fourth-order valence-electron chi connectivity index (χ4n) is 2.54. The smallest absolute Gasteiger partial charge is 0.308 e. The Labute approximate surface area is 155 Å². The van der Waals surface area contributed by atoms with E-state index in [9.17, 15) is 13.2 Å². The number of fused-ring (bicyclic) bond motifs is 1. The van der Waals surface area contributed by atoms with E-state index < -0.39 is 10.0 Å². The van der Waals surface area contributed by atoms with Gasteiger partial charge in [0.2, 0.25) is 10.0 Å². The second-order valence-corrected chi connectivity index (χ2v) is 8.81. The predicted molar refractivity (Wildman–Crippen MR) is 107 cm³/mol. The van der Waals surface area contributed by atoms with Crippen LogP contribution in [0.4, 0.5) is 21.3 Å². The average molecular weight is 390 g/mol. The molecule has 0 saturated heterocycles. The van der Waals surface area contributed by atoms with E-state index in [1.165, 1.54) is 11.3 Å². The van der Waals surface area contributed by atoms with Crippen LogP contribution in [0.1, 0.15) is 11.1 Å². The molecule has 1 heterocycles. The number of benzene rings is 2. The highest BCUT2D eigenvalue weighted by Gasteiger charge is 2.10. The summed E-state index contributed by atoms with van der Waals surface area (Å²) >= 11 is 1.20. The molecule has 0 saturated carbocycles. The van der Waals surface area contributed by atoms with Crippen molar-refractivity contribution in [1.29, 1.82) is 0 Å². The van der Waals surface area contributed by atoms with Crippen LogP contribution in [0.3, 0.4) is 0 Å². The van der Waals surface area contributed by atoms with E-state index in [1.54, 1.807) is 18.2 Å². The second kappa shape index (κ2) is 6.93. The Hall–Kier alpha value is -2.65. The van der Waals surface area contributed by atoms with Gasteiger partial charge in [0.25, 0.3) is 0 Å². The van der Waals surface area contributed by atoms with Crippen molar-refractivity contribution in [3.63, 3.8) is 0 Å². The first-order valence-electron chi connectivity index (χ1n) is 7.73. The minimum Gasteiger partial charge on any atom is -0.308 e. The first kappa shape index (κ1) is 18.2. The molecule has 0 aliphatic rings. The zero-order valence-corrected chi connectivity index (χ0v) is 16.1. The normalized spacial score (nSPS) is 11.3. The molecule has 3 aromatic rings. The van der Waals surface area contributed by atoms with Gasteiger partial charge < -0.3 is 10.6 Å². The Morgan fingerprint density at radius 2 is 1.65 bits per heavy atom. The number of amides is 2. The molecule has 0 atom stereocenters. The number of aromatic nitrogens is 1. The SMILES string of the molecule is Cc1cc(C)cc(NC(=O)Nc2ccc3nc(NS(C)(=O)=O)sc3c2)c1. The number of urea groups is 1. The average Bonchev–Trinajstić information content (AvgIpc) is 2.84. The van der Waals surface area contributed by atoms with Gasteiger partial charge in [-0.25, -0.2) is 18.2 Å². The lowest BCUT2D eigenvalue weighted by Gasteiger charge is -2.09. The number of nitrogens with zero attached hydrogens (tertiary/aromatic N) is 1. The summed E-state index contributed by atoms with van der Waals surface area (Å²) in [7, 11) is -3.38. The molecule has 0 aliphatic carbocycles. The molecule has 0 spiro atoms. The van der Waals surface area contributed by atoms with Crippen LogP contribution in [-0.2, 0) is 10.0 Å². The maximum Gasteiger partial charge on any atom is 0.323 e. The number of nitrogens with one attached hydrogen (secondary N) is 3. The van der Waals surface area contributed by atoms with Crippen molar-refractivity contribution in [3.8, 4) is 0 Å². The molecule has 3 rings (SSSR count). The van der Waals surface area contributed by atoms with E-state index in [-0.39, 0.29) is 6.03 Å². The standard InChI is InChI=1S/C17H18N4O3S2/c1-10-6-11(2)8-13(7-10)19-16(22)18-12-4-5-14-15(9-12)25-17(20-14)21-26(3,23)24/h4-9H,1-3H3,(H,20,21)(H2,18,19,22). The summed E-state index contributed by atoms with van der Waals surface area (Å²) in [5.74, 6) is 0. The summed E-state index contributed by atoms with van der Waals surface area (Å²) in [6.07, 6.45) is 1.07. The highest BCUT2D eigenvalue weighted by atomic mass is 32.2. The Balaban J connectivity index is 1.74. The second-order valence-electron chi connectivity index (χ2n) is 6.03. The van der Waals surface area contributed by atoms with Crippen molar-refractivity contribution in [1.82, 2.24) is 4.98 Å². The number of hydrogen-bond acceptors (Lipinski definition) is 5. The van der Waals surface area contributed by atoms with Crippen molar-refractivity contribution >= 4 is 54.1 Å². The Morgan fingerprint density at radius 3 is 2.31 bits per heavy atom. The zero-order valence-electron chi connectivity index (χ0n) is 14.5. The molecule has 26 heavy (non-hydrogen) atoms. The van der Waals surface area contributed by atoms with Gasteiger partial charge in [-0.15, -0.1) is 0 Å². The first-order chi connectivity index (χ1) is 12.2. The lowest BCUT2D eigenvalue weighted by atomic mass is 10.1. The topological polar surface area (TPSA) is 100 Å². The molecular weight excluding hydrogens is 372 g/mol. The minimum absolute atomic E-state index is 0.291. The number of rotatable bonds is 4. The number of anilines is 3. The van der Waals surface area contributed by atoms with Gasteiger partial charge in [0.1, 0.15) is 0 Å². The molecule has 3 N–H and O–H groups in total. The molecule has 0 aliphatic heterocycles. The molecule has 136 valence electrons. The number of hydrogen-bond donors (Lipinski definition) is 3. The molecule has 7 nitrogen and oxygen atoms in total. The first-order valence-corrected chi connectivity index (χ1v) is 10.4. The van der Waals surface area contributed by atoms with E-state index in [1.807, 2.05) is 32.0 Å². The van der Waals surface area contributed by atoms with Gasteiger partial charge in [-0.1, -0.05) is 17.4 Å². The van der Waals surface area contributed by atoms with Crippen molar-refractivity contribution in [2.24, 2.45) is 0 Å². The molecule has 2 aromatic carbocycles. The summed E-state index contributed by atoms with van der Waals surface area (Å²) in [6, 6.07) is 10.7. The molecule has 0 radical (unpaired) electrons. The van der Waals surface area contributed by atoms with Gasteiger partial charge in [0.05, 0.1) is 16.5 Å². The number of thiazole rings is 1. The highest BCUT2D eigenvalue weighted by molar-refractivity contribution is 7.92. The van der Waals surface area contributed by atoms with Gasteiger partial charge in [-0.05, 0) is 55.3 Å². The van der Waals surface area contributed by atoms with E-state index in [0.717, 1.165) is 27.8 Å². The summed E-state index contributed by atoms with van der Waals surface area (Å²) in [4.78, 5) is 16.4. The third-order valence-electron chi connectivity index (χ3n) is 3.40. The van der Waals surface area contributed by atoms with E-state index in [2.05, 4.69) is 20.3 Å². The van der Waals surface area contributed by atoms with Crippen LogP contribution in [0.2, 0.25) is 0 Å². The van der Waals surface area contributed by atoms with Gasteiger partial charge in [-0.3, -0.25) is 4.72 Å². The number of sulfonamides is 1. The Kier molecular flexibility index (Phi) is 4.84. The number of carbonyl (C=O) groups is 1. The molecule has 0 bridgehead atoms. The predicted octanol–water partition coefficient (Wildman–Crippen LogP) is 3.93. The highest BCUT2D eigenvalue weighted by Crippen LogP contribution is 2.29. The summed E-state index contributed by atoms with van der Waals surface area (Å²) in [5, 5.41) is 5.86. The molecular formula is C17H18N4O3S2. The van der Waals surface area contributed by atoms with Crippen LogP contribution in [-0.4, -0.2) is 25.7 Å². The van der Waals surface area contributed by atoms with E-state index >= 15 is 0 Å². The Morgan fingerprint density at radius 1 is 1.00 bits per heavy atom. The summed E-state index contributed by atoms with van der Waals surface area (Å²) in [6.45, 7) is 3.94. The zero-order chi connectivity index (χ0) is 18.9. The quantitative estimate of drug-likeness (QED) is 0.628. The third-order valence-corrected chi connectivity index (χ3v) is 5.03. The third kappa shape index (κ3) is 4.70. The van der Waals surface area contributed by atoms with Gasteiger partial charge >= 0.3 is 6.03 Å². The number of aryl methyl sites for hydroxylation is 2. The van der Waals surface area contributed by atoms with Crippen LogP contribution < -0.4 is 15.4 Å². The maximum absolute atomic E-state index is 12.2. The van der Waals surface area contributed by atoms with E-state index in [0.29, 0.717) is 16.3 Å². The van der Waals surface area contributed by atoms with Crippen molar-refractivity contribution in [2.45, 2.75) is 13.8 Å². The fourth-order valence-corrected chi connectivity index (χ4v) is 4.28. The molecule has 2 amide bonds. The van der Waals surface area contributed by atoms with Crippen LogP contribution in [0.5, 0.6) is 0 Å². The lowest BCUT2D eigenvalue weighted by Crippen LogP contribution is -2.19. The van der Waals surface area contributed by atoms with Crippen molar-refractivity contribution in [2.75, 3.05) is 21.6 Å². The molecule has 0 unspecified atom stereocenters. The van der Waals surface area contributed by atoms with Crippen LogP contribution in [0.25, 0.3) is 10.2 Å². The van der Waals surface area contributed by atoms with Gasteiger partial charge in [0.15, 0.2) is 5.13 Å². The maximum atomic E-state index is 12.2. The minimum atomic E-state index is -3.38.